The minimum atomic E-state index is -0.340. The van der Waals surface area contributed by atoms with Crippen molar-refractivity contribution >= 4 is 29.0 Å². The Labute approximate surface area is 187 Å². The van der Waals surface area contributed by atoms with Crippen molar-refractivity contribution < 1.29 is 4.79 Å². The maximum Gasteiger partial charge on any atom is 0.324 e. The van der Waals surface area contributed by atoms with Crippen LogP contribution < -0.4 is 16.0 Å². The maximum atomic E-state index is 12.4. The van der Waals surface area contributed by atoms with E-state index in [1.54, 1.807) is 12.4 Å². The normalized spacial score (nSPS) is 10.6. The first-order valence-electron chi connectivity index (χ1n) is 10.5. The average molecular weight is 424 g/mol. The summed E-state index contributed by atoms with van der Waals surface area (Å²) in [5.74, 6) is 1.65. The number of carbonyl (C=O) groups excluding carboxylic acids is 1. The standard InChI is InChI=1S/C26H25N5O/c1-18(2)19-8-10-23(11-9-19)30-26(32)31-25-17-21(13-15-28-25)20-12-14-27-24(16-20)29-22-6-4-3-5-7-22/h3-18H,1-2H3,(H,27,29)(H2,28,30,31,32). The van der Waals surface area contributed by atoms with Gasteiger partial charge in [0.15, 0.2) is 0 Å². The van der Waals surface area contributed by atoms with Gasteiger partial charge in [-0.1, -0.05) is 44.2 Å². The van der Waals surface area contributed by atoms with Gasteiger partial charge in [-0.15, -0.1) is 0 Å². The second-order valence-electron chi connectivity index (χ2n) is 7.71. The zero-order valence-electron chi connectivity index (χ0n) is 18.0. The summed E-state index contributed by atoms with van der Waals surface area (Å²) in [5.41, 5.74) is 4.81. The molecule has 0 bridgehead atoms. The van der Waals surface area contributed by atoms with E-state index in [9.17, 15) is 4.79 Å². The van der Waals surface area contributed by atoms with Crippen molar-refractivity contribution in [3.63, 3.8) is 0 Å². The fourth-order valence-corrected chi connectivity index (χ4v) is 3.26. The van der Waals surface area contributed by atoms with Crippen molar-refractivity contribution in [3.05, 3.63) is 96.8 Å². The number of anilines is 4. The number of para-hydroxylation sites is 1. The molecule has 0 aliphatic carbocycles. The molecule has 160 valence electrons. The van der Waals surface area contributed by atoms with E-state index in [0.717, 1.165) is 28.3 Å². The molecule has 2 heterocycles. The lowest BCUT2D eigenvalue weighted by molar-refractivity contribution is 0.262. The van der Waals surface area contributed by atoms with Gasteiger partial charge in [0, 0.05) is 23.8 Å². The number of benzene rings is 2. The second kappa shape index (κ2) is 9.75. The summed E-state index contributed by atoms with van der Waals surface area (Å²) in [6, 6.07) is 25.0. The largest absolute Gasteiger partial charge is 0.340 e. The summed E-state index contributed by atoms with van der Waals surface area (Å²) < 4.78 is 0. The molecule has 2 aromatic carbocycles. The lowest BCUT2D eigenvalue weighted by atomic mass is 10.0. The van der Waals surface area contributed by atoms with Crippen LogP contribution in [0.15, 0.2) is 91.3 Å². The number of nitrogens with one attached hydrogen (secondary N) is 3. The molecule has 4 rings (SSSR count). The molecule has 3 N–H and O–H groups in total. The van der Waals surface area contributed by atoms with Crippen molar-refractivity contribution in [1.29, 1.82) is 0 Å². The van der Waals surface area contributed by atoms with E-state index < -0.39 is 0 Å². The number of amides is 2. The Balaban J connectivity index is 1.44. The van der Waals surface area contributed by atoms with Crippen LogP contribution in [0, 0.1) is 0 Å². The molecule has 0 saturated heterocycles. The summed E-state index contributed by atoms with van der Waals surface area (Å²) in [7, 11) is 0. The molecule has 0 saturated carbocycles. The molecule has 0 atom stereocenters. The van der Waals surface area contributed by atoms with Crippen molar-refractivity contribution in [3.8, 4) is 11.1 Å². The van der Waals surface area contributed by atoms with E-state index >= 15 is 0 Å². The lowest BCUT2D eigenvalue weighted by Crippen LogP contribution is -2.20. The number of hydrogen-bond donors (Lipinski definition) is 3. The highest BCUT2D eigenvalue weighted by Crippen LogP contribution is 2.24. The highest BCUT2D eigenvalue weighted by atomic mass is 16.2. The molecule has 2 amide bonds. The lowest BCUT2D eigenvalue weighted by Gasteiger charge is -2.11. The smallest absolute Gasteiger partial charge is 0.324 e. The topological polar surface area (TPSA) is 78.9 Å². The number of hydrogen-bond acceptors (Lipinski definition) is 4. The highest BCUT2D eigenvalue weighted by Gasteiger charge is 2.07. The van der Waals surface area contributed by atoms with E-state index in [1.807, 2.05) is 78.9 Å². The van der Waals surface area contributed by atoms with Gasteiger partial charge in [0.2, 0.25) is 0 Å². The number of nitrogens with zero attached hydrogens (tertiary/aromatic N) is 2. The van der Waals surface area contributed by atoms with E-state index in [2.05, 4.69) is 39.8 Å². The molecular weight excluding hydrogens is 398 g/mol. The van der Waals surface area contributed by atoms with Crippen LogP contribution in [-0.2, 0) is 0 Å². The van der Waals surface area contributed by atoms with Crippen molar-refractivity contribution in [2.45, 2.75) is 19.8 Å². The van der Waals surface area contributed by atoms with E-state index in [0.29, 0.717) is 11.7 Å². The van der Waals surface area contributed by atoms with Crippen LogP contribution in [0.25, 0.3) is 11.1 Å². The summed E-state index contributed by atoms with van der Waals surface area (Å²) in [4.78, 5) is 21.1. The Morgan fingerprint density at radius 2 is 1.34 bits per heavy atom. The van der Waals surface area contributed by atoms with Crippen molar-refractivity contribution in [2.24, 2.45) is 0 Å². The Morgan fingerprint density at radius 1 is 0.719 bits per heavy atom. The van der Waals surface area contributed by atoms with Gasteiger partial charge >= 0.3 is 6.03 Å². The van der Waals surface area contributed by atoms with Crippen LogP contribution in [0.3, 0.4) is 0 Å². The summed E-state index contributed by atoms with van der Waals surface area (Å²) in [6.07, 6.45) is 3.43. The molecular formula is C26H25N5O. The first kappa shape index (κ1) is 21.1. The minimum absolute atomic E-state index is 0.340. The number of rotatable bonds is 6. The fraction of sp³-hybridized carbons (Fsp3) is 0.115. The summed E-state index contributed by atoms with van der Waals surface area (Å²) in [6.45, 7) is 4.27. The maximum absolute atomic E-state index is 12.4. The first-order valence-corrected chi connectivity index (χ1v) is 10.5. The number of carbonyl (C=O) groups is 1. The number of urea groups is 1. The van der Waals surface area contributed by atoms with Crippen LogP contribution in [0.1, 0.15) is 25.3 Å². The van der Waals surface area contributed by atoms with Gasteiger partial charge in [0.25, 0.3) is 0 Å². The quantitative estimate of drug-likeness (QED) is 0.324. The molecule has 6 nitrogen and oxygen atoms in total. The van der Waals surface area contributed by atoms with Gasteiger partial charge in [0.1, 0.15) is 11.6 Å². The minimum Gasteiger partial charge on any atom is -0.340 e. The van der Waals surface area contributed by atoms with Gasteiger partial charge in [-0.2, -0.15) is 0 Å². The molecule has 0 aliphatic rings. The van der Waals surface area contributed by atoms with Crippen LogP contribution in [0.5, 0.6) is 0 Å². The molecule has 0 fully saturated rings. The van der Waals surface area contributed by atoms with Crippen molar-refractivity contribution in [1.82, 2.24) is 9.97 Å². The zero-order valence-corrected chi connectivity index (χ0v) is 18.0. The third kappa shape index (κ3) is 5.49. The monoisotopic (exact) mass is 423 g/mol. The zero-order chi connectivity index (χ0) is 22.3. The molecule has 0 radical (unpaired) electrons. The first-order chi connectivity index (χ1) is 15.6. The Hall–Kier alpha value is -4.19. The predicted molar refractivity (Wildman–Crippen MR) is 130 cm³/mol. The SMILES string of the molecule is CC(C)c1ccc(NC(=O)Nc2cc(-c3ccnc(Nc4ccccc4)c3)ccn2)cc1. The Morgan fingerprint density at radius 3 is 2.00 bits per heavy atom. The highest BCUT2D eigenvalue weighted by molar-refractivity contribution is 5.99. The predicted octanol–water partition coefficient (Wildman–Crippen LogP) is 6.65. The third-order valence-corrected chi connectivity index (χ3v) is 4.98. The fourth-order valence-electron chi connectivity index (χ4n) is 3.26. The van der Waals surface area contributed by atoms with Crippen LogP contribution in [0.4, 0.5) is 27.8 Å². The van der Waals surface area contributed by atoms with Gasteiger partial charge in [-0.05, 0) is 71.1 Å². The molecule has 2 aromatic heterocycles. The Kier molecular flexibility index (Phi) is 6.41. The van der Waals surface area contributed by atoms with Gasteiger partial charge < -0.3 is 10.6 Å². The molecule has 0 spiro atoms. The molecule has 0 aliphatic heterocycles. The Bertz CT molecular complexity index is 1190. The van der Waals surface area contributed by atoms with Crippen molar-refractivity contribution in [2.75, 3.05) is 16.0 Å². The average Bonchev–Trinajstić information content (AvgIpc) is 2.80. The van der Waals surface area contributed by atoms with E-state index in [4.69, 9.17) is 0 Å². The molecule has 32 heavy (non-hydrogen) atoms. The number of aromatic nitrogens is 2. The van der Waals surface area contributed by atoms with Gasteiger partial charge in [-0.3, -0.25) is 5.32 Å². The van der Waals surface area contributed by atoms with Gasteiger partial charge in [-0.25, -0.2) is 14.8 Å². The molecule has 6 heteroatoms. The van der Waals surface area contributed by atoms with Crippen LogP contribution in [-0.4, -0.2) is 16.0 Å². The van der Waals surface area contributed by atoms with E-state index in [-0.39, 0.29) is 6.03 Å². The molecule has 4 aromatic rings. The summed E-state index contributed by atoms with van der Waals surface area (Å²) in [5, 5.41) is 8.93. The second-order valence-corrected chi connectivity index (χ2v) is 7.71. The van der Waals surface area contributed by atoms with Crippen LogP contribution >= 0.6 is 0 Å². The van der Waals surface area contributed by atoms with Gasteiger partial charge in [0.05, 0.1) is 0 Å². The number of pyridine rings is 2. The molecule has 0 unspecified atom stereocenters. The van der Waals surface area contributed by atoms with Crippen LogP contribution in [0.2, 0.25) is 0 Å². The summed E-state index contributed by atoms with van der Waals surface area (Å²) >= 11 is 0. The third-order valence-electron chi connectivity index (χ3n) is 4.98. The van der Waals surface area contributed by atoms with E-state index in [1.165, 1.54) is 5.56 Å².